The molecule has 6 rings (SSSR count). The molecule has 2 aliphatic heterocycles. The molecule has 1 N–H and O–H groups in total. The Morgan fingerprint density at radius 1 is 1.03 bits per heavy atom. The lowest BCUT2D eigenvalue weighted by molar-refractivity contribution is -0.130. The molecular weight excluding hydrogens is 494 g/mol. The number of rotatable bonds is 4. The van der Waals surface area contributed by atoms with Crippen molar-refractivity contribution in [1.29, 1.82) is 0 Å². The number of fused-ring (bicyclic) bond motifs is 1. The Balaban J connectivity index is 1.33. The normalized spacial score (nSPS) is 20.9. The van der Waals surface area contributed by atoms with E-state index in [4.69, 9.17) is 0 Å². The number of carbonyl (C=O) groups excluding carboxylic acids is 2. The third kappa shape index (κ3) is 4.69. The molecule has 1 aromatic carbocycles. The van der Waals surface area contributed by atoms with Gasteiger partial charge in [-0.2, -0.15) is 0 Å². The number of pyridine rings is 1. The molecule has 0 spiro atoms. The number of nitrogens with zero attached hydrogens (tertiary/aromatic N) is 4. The van der Waals surface area contributed by atoms with Crippen molar-refractivity contribution in [3.05, 3.63) is 82.3 Å². The highest BCUT2D eigenvalue weighted by Crippen LogP contribution is 2.48. The lowest BCUT2D eigenvalue weighted by Gasteiger charge is -2.39. The Morgan fingerprint density at radius 3 is 2.55 bits per heavy atom. The summed E-state index contributed by atoms with van der Waals surface area (Å²) in [7, 11) is 0. The fraction of sp³-hybridized carbons (Fsp3) is 0.367. The van der Waals surface area contributed by atoms with E-state index in [9.17, 15) is 9.59 Å². The quantitative estimate of drug-likeness (QED) is 0.509. The lowest BCUT2D eigenvalue weighted by Crippen LogP contribution is -2.52. The van der Waals surface area contributed by atoms with Crippen LogP contribution in [-0.2, 0) is 9.59 Å². The number of anilines is 3. The number of Topliss-reactive ketones (excluding diaryl/α,β-unsaturated/α-hetero) is 1. The van der Waals surface area contributed by atoms with Crippen LogP contribution in [0.1, 0.15) is 37.6 Å². The van der Waals surface area contributed by atoms with Crippen molar-refractivity contribution >= 4 is 40.2 Å². The van der Waals surface area contributed by atoms with Crippen LogP contribution >= 0.6 is 11.3 Å². The van der Waals surface area contributed by atoms with E-state index >= 15 is 0 Å². The van der Waals surface area contributed by atoms with Crippen molar-refractivity contribution in [2.75, 3.05) is 47.8 Å². The van der Waals surface area contributed by atoms with Gasteiger partial charge in [-0.15, -0.1) is 11.3 Å². The van der Waals surface area contributed by atoms with Gasteiger partial charge in [0.1, 0.15) is 5.82 Å². The molecule has 1 atom stereocenters. The van der Waals surface area contributed by atoms with Gasteiger partial charge in [-0.1, -0.05) is 38.1 Å². The molecule has 196 valence electrons. The van der Waals surface area contributed by atoms with Crippen LogP contribution in [0.3, 0.4) is 0 Å². The average molecular weight is 528 g/mol. The predicted molar refractivity (Wildman–Crippen MR) is 153 cm³/mol. The van der Waals surface area contributed by atoms with Gasteiger partial charge in [0, 0.05) is 54.9 Å². The first-order valence-corrected chi connectivity index (χ1v) is 14.1. The van der Waals surface area contributed by atoms with Crippen LogP contribution in [0.4, 0.5) is 17.2 Å². The minimum absolute atomic E-state index is 0.0784. The first-order chi connectivity index (χ1) is 18.4. The summed E-state index contributed by atoms with van der Waals surface area (Å²) in [6, 6.07) is 17.8. The van der Waals surface area contributed by atoms with Gasteiger partial charge in [0.05, 0.1) is 24.0 Å². The van der Waals surface area contributed by atoms with Gasteiger partial charge in [-0.05, 0) is 47.5 Å². The highest BCUT2D eigenvalue weighted by atomic mass is 32.1. The third-order valence-electron chi connectivity index (χ3n) is 7.73. The number of carbonyl (C=O) groups is 2. The summed E-state index contributed by atoms with van der Waals surface area (Å²) >= 11 is 1.64. The van der Waals surface area contributed by atoms with Crippen LogP contribution in [0.2, 0.25) is 0 Å². The van der Waals surface area contributed by atoms with Gasteiger partial charge < -0.3 is 20.0 Å². The second kappa shape index (κ2) is 9.91. The Kier molecular flexibility index (Phi) is 6.43. The molecule has 8 heteroatoms. The average Bonchev–Trinajstić information content (AvgIpc) is 3.40. The maximum absolute atomic E-state index is 13.8. The van der Waals surface area contributed by atoms with Crippen LogP contribution in [0.25, 0.3) is 0 Å². The van der Waals surface area contributed by atoms with Crippen molar-refractivity contribution in [2.24, 2.45) is 5.41 Å². The number of hydrogen-bond acceptors (Lipinski definition) is 7. The van der Waals surface area contributed by atoms with E-state index in [1.807, 2.05) is 52.7 Å². The van der Waals surface area contributed by atoms with Crippen molar-refractivity contribution in [2.45, 2.75) is 32.7 Å². The summed E-state index contributed by atoms with van der Waals surface area (Å²) in [6.45, 7) is 7.30. The SMILES string of the molecule is CC1(C)CC(=O)C2=C(C1)Nc1ccccc1N(CC(=O)N1CCN(c3ccccn3)CC1)C2c1cccs1. The van der Waals surface area contributed by atoms with Gasteiger partial charge in [0.15, 0.2) is 5.78 Å². The molecule has 3 aliphatic rings. The van der Waals surface area contributed by atoms with E-state index in [0.717, 1.165) is 52.9 Å². The fourth-order valence-corrected chi connectivity index (χ4v) is 6.79. The minimum Gasteiger partial charge on any atom is -0.357 e. The van der Waals surface area contributed by atoms with E-state index in [1.165, 1.54) is 0 Å². The standard InChI is InChI=1S/C30H33N5O2S/c1-30(2)18-22-28(24(36)19-30)29(25-10-7-17-38-25)35(23-9-4-3-8-21(23)32-22)20-27(37)34-15-13-33(14-16-34)26-11-5-6-12-31-26/h3-12,17,29,32H,13-16,18-20H2,1-2H3. The number of thiophene rings is 1. The van der Waals surface area contributed by atoms with E-state index in [-0.39, 0.29) is 29.7 Å². The molecule has 7 nitrogen and oxygen atoms in total. The van der Waals surface area contributed by atoms with Gasteiger partial charge in [0.2, 0.25) is 5.91 Å². The molecule has 1 unspecified atom stereocenters. The Morgan fingerprint density at radius 2 is 1.82 bits per heavy atom. The molecular formula is C30H33N5O2S. The van der Waals surface area contributed by atoms with Crippen LogP contribution in [0.5, 0.6) is 0 Å². The van der Waals surface area contributed by atoms with Gasteiger partial charge >= 0.3 is 0 Å². The van der Waals surface area contributed by atoms with Gasteiger partial charge in [-0.25, -0.2) is 4.98 Å². The zero-order valence-corrected chi connectivity index (χ0v) is 22.7. The molecule has 0 saturated carbocycles. The smallest absolute Gasteiger partial charge is 0.242 e. The predicted octanol–water partition coefficient (Wildman–Crippen LogP) is 5.11. The fourth-order valence-electron chi connectivity index (χ4n) is 5.94. The highest BCUT2D eigenvalue weighted by molar-refractivity contribution is 7.10. The molecule has 0 bridgehead atoms. The monoisotopic (exact) mass is 527 g/mol. The molecule has 1 saturated heterocycles. The zero-order valence-electron chi connectivity index (χ0n) is 21.9. The molecule has 0 radical (unpaired) electrons. The second-order valence-electron chi connectivity index (χ2n) is 11.1. The molecule has 1 aliphatic carbocycles. The number of amides is 1. The number of para-hydroxylation sites is 2. The summed E-state index contributed by atoms with van der Waals surface area (Å²) in [4.78, 5) is 39.4. The Hall–Kier alpha value is -3.65. The van der Waals surface area contributed by atoms with Crippen molar-refractivity contribution in [1.82, 2.24) is 9.88 Å². The number of aromatic nitrogens is 1. The maximum Gasteiger partial charge on any atom is 0.242 e. The molecule has 1 amide bonds. The molecule has 38 heavy (non-hydrogen) atoms. The summed E-state index contributed by atoms with van der Waals surface area (Å²) in [5.41, 5.74) is 3.56. The summed E-state index contributed by atoms with van der Waals surface area (Å²) in [6.07, 6.45) is 3.10. The highest BCUT2D eigenvalue weighted by Gasteiger charge is 2.42. The molecule has 2 aromatic heterocycles. The largest absolute Gasteiger partial charge is 0.357 e. The first kappa shape index (κ1) is 24.7. The number of ketones is 1. The van der Waals surface area contributed by atoms with Crippen molar-refractivity contribution in [3.63, 3.8) is 0 Å². The van der Waals surface area contributed by atoms with Crippen LogP contribution in [0, 0.1) is 5.41 Å². The molecule has 4 heterocycles. The number of benzene rings is 1. The molecule has 3 aromatic rings. The number of allylic oxidation sites excluding steroid dienone is 1. The van der Waals surface area contributed by atoms with Gasteiger partial charge in [0.25, 0.3) is 0 Å². The molecule has 1 fully saturated rings. The van der Waals surface area contributed by atoms with Gasteiger partial charge in [-0.3, -0.25) is 9.59 Å². The zero-order chi connectivity index (χ0) is 26.3. The van der Waals surface area contributed by atoms with Crippen LogP contribution in [-0.4, -0.2) is 54.3 Å². The number of nitrogens with one attached hydrogen (secondary N) is 1. The van der Waals surface area contributed by atoms with Crippen LogP contribution < -0.4 is 15.1 Å². The maximum atomic E-state index is 13.8. The lowest BCUT2D eigenvalue weighted by atomic mass is 9.74. The first-order valence-electron chi connectivity index (χ1n) is 13.3. The van der Waals surface area contributed by atoms with Crippen molar-refractivity contribution < 1.29 is 9.59 Å². The topological polar surface area (TPSA) is 68.8 Å². The number of hydrogen-bond donors (Lipinski definition) is 1. The summed E-state index contributed by atoms with van der Waals surface area (Å²) in [5, 5.41) is 5.68. The van der Waals surface area contributed by atoms with Crippen LogP contribution in [0.15, 0.2) is 77.4 Å². The van der Waals surface area contributed by atoms with E-state index in [0.29, 0.717) is 19.5 Å². The second-order valence-corrected chi connectivity index (χ2v) is 12.1. The summed E-state index contributed by atoms with van der Waals surface area (Å²) in [5.74, 6) is 1.19. The number of piperazine rings is 1. The van der Waals surface area contributed by atoms with E-state index in [1.54, 1.807) is 17.5 Å². The summed E-state index contributed by atoms with van der Waals surface area (Å²) < 4.78 is 0. The van der Waals surface area contributed by atoms with Crippen molar-refractivity contribution in [3.8, 4) is 0 Å². The van der Waals surface area contributed by atoms with E-state index in [2.05, 4.69) is 46.1 Å². The van der Waals surface area contributed by atoms with E-state index < -0.39 is 0 Å². The Labute approximate surface area is 227 Å². The minimum atomic E-state index is -0.302. The third-order valence-corrected chi connectivity index (χ3v) is 8.65. The Bertz CT molecular complexity index is 1360.